The Morgan fingerprint density at radius 1 is 1.11 bits per heavy atom. The summed E-state index contributed by atoms with van der Waals surface area (Å²) in [5, 5.41) is 0.0908. The molecule has 1 rings (SSSR count). The molecule has 0 bridgehead atoms. The molecule has 1 unspecified atom stereocenters. The second-order valence-corrected chi connectivity index (χ2v) is 5.93. The highest BCUT2D eigenvalue weighted by Gasteiger charge is 2.11. The molecule has 18 heavy (non-hydrogen) atoms. The molecule has 2 heteroatoms. The average Bonchev–Trinajstić information content (AvgIpc) is 2.36. The van der Waals surface area contributed by atoms with Crippen LogP contribution in [0.5, 0.6) is 0 Å². The Hall–Kier alpha value is -0.530. The van der Waals surface area contributed by atoms with Crippen LogP contribution in [-0.2, 0) is 0 Å². The normalized spacial score (nSPS) is 13.3. The first kappa shape index (κ1) is 15.5. The summed E-state index contributed by atoms with van der Waals surface area (Å²) in [4.78, 5) is 2.32. The Labute approximate surface area is 117 Å². The molecule has 1 aromatic carbocycles. The molecule has 0 saturated carbocycles. The van der Waals surface area contributed by atoms with E-state index in [0.717, 1.165) is 13.1 Å². The Balaban J connectivity index is 2.53. The van der Waals surface area contributed by atoms with Gasteiger partial charge in [-0.1, -0.05) is 51.5 Å². The van der Waals surface area contributed by atoms with Gasteiger partial charge in [-0.15, -0.1) is 11.6 Å². The summed E-state index contributed by atoms with van der Waals surface area (Å²) in [6.45, 7) is 8.69. The average molecular weight is 268 g/mol. The van der Waals surface area contributed by atoms with Crippen LogP contribution >= 0.6 is 11.6 Å². The largest absolute Gasteiger partial charge is 0.305 e. The third kappa shape index (κ3) is 4.99. The number of likely N-dealkylation sites (N-methyl/N-ethyl adjacent to an activating group) is 1. The molecule has 1 nitrogen and oxygen atoms in total. The summed E-state index contributed by atoms with van der Waals surface area (Å²) in [7, 11) is 2.15. The van der Waals surface area contributed by atoms with Gasteiger partial charge in [0.2, 0.25) is 0 Å². The van der Waals surface area contributed by atoms with Crippen molar-refractivity contribution < 1.29 is 0 Å². The number of hydrogen-bond donors (Lipinski definition) is 0. The lowest BCUT2D eigenvalue weighted by atomic mass is 10.0. The molecule has 0 saturated heterocycles. The van der Waals surface area contributed by atoms with Gasteiger partial charge in [-0.25, -0.2) is 0 Å². The van der Waals surface area contributed by atoms with Crippen LogP contribution in [0, 0.1) is 0 Å². The minimum Gasteiger partial charge on any atom is -0.305 e. The molecule has 0 aliphatic rings. The van der Waals surface area contributed by atoms with E-state index in [4.69, 9.17) is 11.6 Å². The van der Waals surface area contributed by atoms with Gasteiger partial charge in [0.1, 0.15) is 0 Å². The van der Waals surface area contributed by atoms with Gasteiger partial charge in [-0.05, 0) is 37.1 Å². The maximum absolute atomic E-state index is 6.47. The van der Waals surface area contributed by atoms with Crippen LogP contribution < -0.4 is 0 Å². The number of hydrogen-bond acceptors (Lipinski definition) is 1. The Morgan fingerprint density at radius 3 is 2.17 bits per heavy atom. The van der Waals surface area contributed by atoms with Gasteiger partial charge in [0.25, 0.3) is 0 Å². The van der Waals surface area contributed by atoms with E-state index in [0.29, 0.717) is 5.92 Å². The number of benzene rings is 1. The first-order valence-electron chi connectivity index (χ1n) is 6.97. The SMILES string of the molecule is CCCCN(C)CC(Cl)c1ccc(C(C)C)cc1. The summed E-state index contributed by atoms with van der Waals surface area (Å²) in [6, 6.07) is 8.73. The molecule has 0 aliphatic heterocycles. The second kappa shape index (κ2) is 7.81. The van der Waals surface area contributed by atoms with Crippen LogP contribution in [0.15, 0.2) is 24.3 Å². The zero-order valence-corrected chi connectivity index (χ0v) is 12.9. The zero-order valence-electron chi connectivity index (χ0n) is 12.1. The van der Waals surface area contributed by atoms with Gasteiger partial charge in [0.05, 0.1) is 5.38 Å². The van der Waals surface area contributed by atoms with Crippen molar-refractivity contribution in [1.82, 2.24) is 4.90 Å². The molecule has 0 radical (unpaired) electrons. The van der Waals surface area contributed by atoms with Crippen LogP contribution in [0.4, 0.5) is 0 Å². The summed E-state index contributed by atoms with van der Waals surface area (Å²) in [5.41, 5.74) is 2.60. The fraction of sp³-hybridized carbons (Fsp3) is 0.625. The highest BCUT2D eigenvalue weighted by atomic mass is 35.5. The van der Waals surface area contributed by atoms with Crippen LogP contribution in [0.3, 0.4) is 0 Å². The molecular weight excluding hydrogens is 242 g/mol. The van der Waals surface area contributed by atoms with Crippen molar-refractivity contribution in [1.29, 1.82) is 0 Å². The second-order valence-electron chi connectivity index (χ2n) is 5.40. The molecule has 1 atom stereocenters. The number of alkyl halides is 1. The Kier molecular flexibility index (Phi) is 6.73. The van der Waals surface area contributed by atoms with Crippen molar-refractivity contribution in [2.24, 2.45) is 0 Å². The molecule has 0 N–H and O–H groups in total. The predicted octanol–water partition coefficient (Wildman–Crippen LogP) is 4.82. The van der Waals surface area contributed by atoms with E-state index in [1.54, 1.807) is 0 Å². The minimum atomic E-state index is 0.0908. The van der Waals surface area contributed by atoms with E-state index in [1.807, 2.05) is 0 Å². The zero-order chi connectivity index (χ0) is 13.5. The molecule has 102 valence electrons. The quantitative estimate of drug-likeness (QED) is 0.640. The van der Waals surface area contributed by atoms with E-state index >= 15 is 0 Å². The number of rotatable bonds is 7. The standard InChI is InChI=1S/C16H26ClN/c1-5-6-11-18(4)12-16(17)15-9-7-14(8-10-15)13(2)3/h7-10,13,16H,5-6,11-12H2,1-4H3. The van der Waals surface area contributed by atoms with E-state index in [2.05, 4.69) is 57.0 Å². The number of nitrogens with zero attached hydrogens (tertiary/aromatic N) is 1. The van der Waals surface area contributed by atoms with E-state index in [1.165, 1.54) is 24.0 Å². The van der Waals surface area contributed by atoms with Crippen molar-refractivity contribution in [2.75, 3.05) is 20.1 Å². The van der Waals surface area contributed by atoms with E-state index < -0.39 is 0 Å². The predicted molar refractivity (Wildman–Crippen MR) is 81.5 cm³/mol. The molecule has 1 aromatic rings. The molecule has 0 heterocycles. The molecule has 0 aromatic heterocycles. The summed E-state index contributed by atoms with van der Waals surface area (Å²) in [5.74, 6) is 0.583. The molecule has 0 fully saturated rings. The Morgan fingerprint density at radius 2 is 1.67 bits per heavy atom. The molecule has 0 aliphatic carbocycles. The van der Waals surface area contributed by atoms with Crippen molar-refractivity contribution >= 4 is 11.6 Å². The monoisotopic (exact) mass is 267 g/mol. The summed E-state index contributed by atoms with van der Waals surface area (Å²) < 4.78 is 0. The summed E-state index contributed by atoms with van der Waals surface area (Å²) in [6.07, 6.45) is 2.48. The highest BCUT2D eigenvalue weighted by molar-refractivity contribution is 6.21. The summed E-state index contributed by atoms with van der Waals surface area (Å²) >= 11 is 6.47. The van der Waals surface area contributed by atoms with Crippen molar-refractivity contribution in [3.05, 3.63) is 35.4 Å². The van der Waals surface area contributed by atoms with E-state index in [9.17, 15) is 0 Å². The van der Waals surface area contributed by atoms with Gasteiger partial charge in [-0.3, -0.25) is 0 Å². The minimum absolute atomic E-state index is 0.0908. The number of unbranched alkanes of at least 4 members (excludes halogenated alkanes) is 1. The van der Waals surface area contributed by atoms with Gasteiger partial charge in [0, 0.05) is 6.54 Å². The van der Waals surface area contributed by atoms with Crippen LogP contribution in [0.1, 0.15) is 56.0 Å². The number of halogens is 1. The van der Waals surface area contributed by atoms with Crippen LogP contribution in [-0.4, -0.2) is 25.0 Å². The fourth-order valence-corrected chi connectivity index (χ4v) is 2.37. The lowest BCUT2D eigenvalue weighted by Crippen LogP contribution is -2.23. The molecule has 0 spiro atoms. The topological polar surface area (TPSA) is 3.24 Å². The van der Waals surface area contributed by atoms with Crippen LogP contribution in [0.25, 0.3) is 0 Å². The molecular formula is C16H26ClN. The van der Waals surface area contributed by atoms with Crippen molar-refractivity contribution in [3.63, 3.8) is 0 Å². The first-order chi connectivity index (χ1) is 8.54. The Bertz CT molecular complexity index is 331. The smallest absolute Gasteiger partial charge is 0.0712 e. The van der Waals surface area contributed by atoms with Gasteiger partial charge >= 0.3 is 0 Å². The van der Waals surface area contributed by atoms with Crippen molar-refractivity contribution in [3.8, 4) is 0 Å². The lowest BCUT2D eigenvalue weighted by Gasteiger charge is -2.20. The third-order valence-electron chi connectivity index (χ3n) is 3.33. The maximum atomic E-state index is 6.47. The highest BCUT2D eigenvalue weighted by Crippen LogP contribution is 2.23. The van der Waals surface area contributed by atoms with E-state index in [-0.39, 0.29) is 5.38 Å². The van der Waals surface area contributed by atoms with Gasteiger partial charge in [0.15, 0.2) is 0 Å². The third-order valence-corrected chi connectivity index (χ3v) is 3.72. The fourth-order valence-electron chi connectivity index (χ4n) is 1.99. The lowest BCUT2D eigenvalue weighted by molar-refractivity contribution is 0.328. The van der Waals surface area contributed by atoms with Gasteiger partial charge < -0.3 is 4.90 Å². The molecule has 0 amide bonds. The maximum Gasteiger partial charge on any atom is 0.0712 e. The van der Waals surface area contributed by atoms with Gasteiger partial charge in [-0.2, -0.15) is 0 Å². The van der Waals surface area contributed by atoms with Crippen LogP contribution in [0.2, 0.25) is 0 Å². The van der Waals surface area contributed by atoms with Crippen molar-refractivity contribution in [2.45, 2.75) is 44.9 Å². The first-order valence-corrected chi connectivity index (χ1v) is 7.40.